The first-order valence-electron chi connectivity index (χ1n) is 2.85. The molecule has 0 amide bonds. The van der Waals surface area contributed by atoms with Gasteiger partial charge in [0, 0.05) is 22.4 Å². The van der Waals surface area contributed by atoms with Gasteiger partial charge >= 0.3 is 5.51 Å². The number of hydrogen-bond donors (Lipinski definition) is 0. The third-order valence-electron chi connectivity index (χ3n) is 0.921. The largest absolute Gasteiger partial charge is 0.447 e. The highest BCUT2D eigenvalue weighted by Gasteiger charge is 2.29. The highest BCUT2D eigenvalue weighted by molar-refractivity contribution is 9.10. The van der Waals surface area contributed by atoms with Crippen LogP contribution in [0, 0.1) is 0 Å². The van der Waals surface area contributed by atoms with Crippen molar-refractivity contribution in [2.45, 2.75) is 10.5 Å². The standard InChI is InChI=1S/C6H3BrF3NS/c7-4-1-2-5(11-3-4)12-6(8,9)10/h1-3H. The summed E-state index contributed by atoms with van der Waals surface area (Å²) in [6.07, 6.45) is 1.33. The molecule has 1 nitrogen and oxygen atoms in total. The molecule has 1 heterocycles. The van der Waals surface area contributed by atoms with E-state index < -0.39 is 5.51 Å². The van der Waals surface area contributed by atoms with Crippen LogP contribution in [0.3, 0.4) is 0 Å². The van der Waals surface area contributed by atoms with Crippen molar-refractivity contribution in [2.24, 2.45) is 0 Å². The maximum Gasteiger partial charge on any atom is 0.447 e. The molecule has 0 fully saturated rings. The predicted octanol–water partition coefficient (Wildman–Crippen LogP) is 3.46. The molecule has 0 N–H and O–H groups in total. The van der Waals surface area contributed by atoms with Gasteiger partial charge in [0.1, 0.15) is 5.03 Å². The summed E-state index contributed by atoms with van der Waals surface area (Å²) in [7, 11) is 0. The predicted molar refractivity (Wildman–Crippen MR) is 43.8 cm³/mol. The summed E-state index contributed by atoms with van der Waals surface area (Å²) in [4.78, 5) is 3.56. The summed E-state index contributed by atoms with van der Waals surface area (Å²) in [5.41, 5.74) is -4.26. The fourth-order valence-corrected chi connectivity index (χ4v) is 1.25. The first-order valence-corrected chi connectivity index (χ1v) is 4.45. The number of pyridine rings is 1. The Morgan fingerprint density at radius 2 is 2.00 bits per heavy atom. The van der Waals surface area contributed by atoms with Gasteiger partial charge in [0.15, 0.2) is 0 Å². The van der Waals surface area contributed by atoms with Gasteiger partial charge in [-0.1, -0.05) is 0 Å². The van der Waals surface area contributed by atoms with Crippen molar-refractivity contribution in [3.8, 4) is 0 Å². The second kappa shape index (κ2) is 3.66. The molecule has 1 aromatic rings. The molecule has 12 heavy (non-hydrogen) atoms. The van der Waals surface area contributed by atoms with Crippen molar-refractivity contribution in [2.75, 3.05) is 0 Å². The molecule has 6 heteroatoms. The molecule has 0 saturated carbocycles. The molecule has 0 unspecified atom stereocenters. The van der Waals surface area contributed by atoms with Gasteiger partial charge in [-0.2, -0.15) is 13.2 Å². The quantitative estimate of drug-likeness (QED) is 0.715. The van der Waals surface area contributed by atoms with Crippen LogP contribution in [0.15, 0.2) is 27.8 Å². The molecule has 0 atom stereocenters. The minimum Gasteiger partial charge on any atom is -0.248 e. The van der Waals surface area contributed by atoms with Crippen LogP contribution in [0.1, 0.15) is 0 Å². The summed E-state index contributed by atoms with van der Waals surface area (Å²) in [6.45, 7) is 0. The van der Waals surface area contributed by atoms with Gasteiger partial charge in [0.05, 0.1) is 0 Å². The van der Waals surface area contributed by atoms with E-state index in [0.29, 0.717) is 4.47 Å². The second-order valence-corrected chi connectivity index (χ2v) is 3.86. The Kier molecular flexibility index (Phi) is 3.00. The number of halogens is 4. The number of aromatic nitrogens is 1. The van der Waals surface area contributed by atoms with E-state index >= 15 is 0 Å². The van der Waals surface area contributed by atoms with Gasteiger partial charge in [0.2, 0.25) is 0 Å². The van der Waals surface area contributed by atoms with E-state index in [2.05, 4.69) is 20.9 Å². The lowest BCUT2D eigenvalue weighted by Crippen LogP contribution is -1.99. The number of nitrogens with zero attached hydrogens (tertiary/aromatic N) is 1. The summed E-state index contributed by atoms with van der Waals surface area (Å²) in [5.74, 6) is 0. The zero-order chi connectivity index (χ0) is 9.19. The average molecular weight is 258 g/mol. The third kappa shape index (κ3) is 3.44. The van der Waals surface area contributed by atoms with E-state index in [0.717, 1.165) is 0 Å². The summed E-state index contributed by atoms with van der Waals surface area (Å²) in [6, 6.07) is 2.82. The number of hydrogen-bond acceptors (Lipinski definition) is 2. The van der Waals surface area contributed by atoms with Gasteiger partial charge in [0.25, 0.3) is 0 Å². The van der Waals surface area contributed by atoms with Gasteiger partial charge in [-0.25, -0.2) is 4.98 Å². The number of rotatable bonds is 1. The molecular formula is C6H3BrF3NS. The van der Waals surface area contributed by atoms with Gasteiger partial charge in [-0.05, 0) is 28.1 Å². The minimum atomic E-state index is -4.26. The highest BCUT2D eigenvalue weighted by atomic mass is 79.9. The zero-order valence-electron chi connectivity index (χ0n) is 5.60. The Bertz CT molecular complexity index is 258. The molecule has 1 rings (SSSR count). The topological polar surface area (TPSA) is 12.9 Å². The lowest BCUT2D eigenvalue weighted by molar-refractivity contribution is -0.0329. The molecule has 0 aliphatic rings. The Balaban J connectivity index is 2.71. The van der Waals surface area contributed by atoms with Crippen LogP contribution in [0.25, 0.3) is 0 Å². The molecule has 0 saturated heterocycles. The number of alkyl halides is 3. The molecular weight excluding hydrogens is 255 g/mol. The fraction of sp³-hybridized carbons (Fsp3) is 0.167. The fourth-order valence-electron chi connectivity index (χ4n) is 0.541. The molecule has 0 radical (unpaired) electrons. The van der Waals surface area contributed by atoms with Crippen LogP contribution in [-0.2, 0) is 0 Å². The van der Waals surface area contributed by atoms with Crippen LogP contribution in [0.4, 0.5) is 13.2 Å². The van der Waals surface area contributed by atoms with Crippen LogP contribution in [0.5, 0.6) is 0 Å². The van der Waals surface area contributed by atoms with Crippen molar-refractivity contribution in [1.29, 1.82) is 0 Å². The maximum atomic E-state index is 11.8. The summed E-state index contributed by atoms with van der Waals surface area (Å²) < 4.78 is 35.9. The molecule has 0 aliphatic carbocycles. The first-order chi connectivity index (χ1) is 5.47. The van der Waals surface area contributed by atoms with E-state index in [4.69, 9.17) is 0 Å². The van der Waals surface area contributed by atoms with Gasteiger partial charge in [-0.3, -0.25) is 0 Å². The Morgan fingerprint density at radius 3 is 2.42 bits per heavy atom. The maximum absolute atomic E-state index is 11.8. The van der Waals surface area contributed by atoms with Crippen LogP contribution in [0.2, 0.25) is 0 Å². The second-order valence-electron chi connectivity index (χ2n) is 1.86. The van der Waals surface area contributed by atoms with Crippen molar-refractivity contribution in [3.05, 3.63) is 22.8 Å². The van der Waals surface area contributed by atoms with Crippen LogP contribution >= 0.6 is 27.7 Å². The highest BCUT2D eigenvalue weighted by Crippen LogP contribution is 2.35. The average Bonchev–Trinajstić information content (AvgIpc) is 1.91. The van der Waals surface area contributed by atoms with Crippen LogP contribution < -0.4 is 0 Å². The Labute approximate surface area is 79.5 Å². The lowest BCUT2D eigenvalue weighted by atomic mass is 10.5. The summed E-state index contributed by atoms with van der Waals surface area (Å²) >= 11 is 2.85. The monoisotopic (exact) mass is 257 g/mol. The van der Waals surface area contributed by atoms with Crippen molar-refractivity contribution < 1.29 is 13.2 Å². The van der Waals surface area contributed by atoms with Crippen molar-refractivity contribution in [3.63, 3.8) is 0 Å². The van der Waals surface area contributed by atoms with E-state index in [9.17, 15) is 13.2 Å². The lowest BCUT2D eigenvalue weighted by Gasteiger charge is -2.03. The molecule has 0 aromatic carbocycles. The molecule has 1 aromatic heterocycles. The molecule has 66 valence electrons. The van der Waals surface area contributed by atoms with Gasteiger partial charge < -0.3 is 0 Å². The SMILES string of the molecule is FC(F)(F)Sc1ccc(Br)cn1. The third-order valence-corrected chi connectivity index (χ3v) is 2.07. The molecule has 0 aliphatic heterocycles. The normalized spacial score (nSPS) is 11.7. The Hall–Kier alpha value is -0.230. The van der Waals surface area contributed by atoms with E-state index in [1.54, 1.807) is 0 Å². The first kappa shape index (κ1) is 9.85. The van der Waals surface area contributed by atoms with Crippen LogP contribution in [-0.4, -0.2) is 10.5 Å². The van der Waals surface area contributed by atoms with E-state index in [1.807, 2.05) is 0 Å². The van der Waals surface area contributed by atoms with Crippen molar-refractivity contribution >= 4 is 27.7 Å². The number of thioether (sulfide) groups is 1. The minimum absolute atomic E-state index is 0.0503. The summed E-state index contributed by atoms with van der Waals surface area (Å²) in [5, 5.41) is -0.0503. The Morgan fingerprint density at radius 1 is 1.33 bits per heavy atom. The smallest absolute Gasteiger partial charge is 0.248 e. The van der Waals surface area contributed by atoms with E-state index in [-0.39, 0.29) is 16.8 Å². The molecule has 0 spiro atoms. The zero-order valence-corrected chi connectivity index (χ0v) is 8.00. The van der Waals surface area contributed by atoms with E-state index in [1.165, 1.54) is 18.3 Å². The molecule has 0 bridgehead atoms. The van der Waals surface area contributed by atoms with Gasteiger partial charge in [-0.15, -0.1) is 0 Å². The van der Waals surface area contributed by atoms with Crippen molar-refractivity contribution in [1.82, 2.24) is 4.98 Å².